The molecule has 34 heavy (non-hydrogen) atoms. The number of urea groups is 1. The van der Waals surface area contributed by atoms with Crippen LogP contribution in [0.4, 0.5) is 4.79 Å². The molecule has 1 aromatic heterocycles. The Morgan fingerprint density at radius 3 is 2.53 bits per heavy atom. The summed E-state index contributed by atoms with van der Waals surface area (Å²) in [7, 11) is -1.68. The van der Waals surface area contributed by atoms with Crippen LogP contribution >= 0.6 is 0 Å². The molecular formula is C25H26BN5O3. The number of nitrogens with one attached hydrogen (secondary N) is 2. The van der Waals surface area contributed by atoms with Gasteiger partial charge in [-0.3, -0.25) is 0 Å². The highest BCUT2D eigenvalue weighted by atomic mass is 16.4. The Bertz CT molecular complexity index is 1160. The van der Waals surface area contributed by atoms with Crippen molar-refractivity contribution in [1.29, 1.82) is 5.26 Å². The van der Waals surface area contributed by atoms with Gasteiger partial charge in [-0.2, -0.15) is 5.26 Å². The van der Waals surface area contributed by atoms with Crippen molar-refractivity contribution in [1.82, 2.24) is 20.6 Å². The van der Waals surface area contributed by atoms with Gasteiger partial charge in [-0.05, 0) is 48.6 Å². The molecule has 3 aromatic rings. The Kier molecular flexibility index (Phi) is 8.92. The van der Waals surface area contributed by atoms with E-state index in [0.29, 0.717) is 30.8 Å². The van der Waals surface area contributed by atoms with Crippen LogP contribution in [-0.4, -0.2) is 45.7 Å². The van der Waals surface area contributed by atoms with Gasteiger partial charge in [0, 0.05) is 18.9 Å². The van der Waals surface area contributed by atoms with E-state index in [9.17, 15) is 20.1 Å². The highest BCUT2D eigenvalue weighted by Crippen LogP contribution is 2.15. The first-order valence-corrected chi connectivity index (χ1v) is 10.9. The third-order valence-corrected chi connectivity index (χ3v) is 5.14. The molecule has 2 amide bonds. The Labute approximate surface area is 199 Å². The largest absolute Gasteiger partial charge is 0.475 e. The average molecular weight is 455 g/mol. The number of carbonyl (C=O) groups excluding carboxylic acids is 1. The number of aromatic nitrogens is 2. The number of allylic oxidation sites excluding steroid dienone is 1. The number of benzene rings is 2. The number of hydrogen-bond donors (Lipinski definition) is 4. The van der Waals surface area contributed by atoms with Crippen LogP contribution in [0.5, 0.6) is 0 Å². The third-order valence-electron chi connectivity index (χ3n) is 5.14. The van der Waals surface area contributed by atoms with Crippen LogP contribution in [0.3, 0.4) is 0 Å². The summed E-state index contributed by atoms with van der Waals surface area (Å²) < 4.78 is 0. The number of aryl methyl sites for hydroxylation is 1. The first-order chi connectivity index (χ1) is 16.4. The van der Waals surface area contributed by atoms with Crippen LogP contribution < -0.4 is 10.6 Å². The zero-order chi connectivity index (χ0) is 24.3. The Hall–Kier alpha value is -4.00. The smallest absolute Gasteiger partial charge is 0.426 e. The molecule has 0 saturated carbocycles. The molecule has 0 aliphatic heterocycles. The van der Waals surface area contributed by atoms with Gasteiger partial charge in [0.15, 0.2) is 5.82 Å². The molecule has 1 unspecified atom stereocenters. The first-order valence-electron chi connectivity index (χ1n) is 10.9. The molecule has 4 N–H and O–H groups in total. The normalized spacial score (nSPS) is 11.9. The number of nitrogens with zero attached hydrogens (tertiary/aromatic N) is 3. The number of amides is 2. The van der Waals surface area contributed by atoms with Crippen molar-refractivity contribution in [2.75, 3.05) is 6.54 Å². The van der Waals surface area contributed by atoms with Gasteiger partial charge >= 0.3 is 13.1 Å². The fraction of sp³-hybridized carbons (Fsp3) is 0.200. The molecule has 8 nitrogen and oxygen atoms in total. The molecule has 2 aromatic carbocycles. The van der Waals surface area contributed by atoms with Gasteiger partial charge in [0.2, 0.25) is 0 Å². The fourth-order valence-electron chi connectivity index (χ4n) is 3.34. The maximum Gasteiger partial charge on any atom is 0.475 e. The van der Waals surface area contributed by atoms with Gasteiger partial charge in [-0.25, -0.2) is 14.8 Å². The van der Waals surface area contributed by atoms with E-state index in [1.54, 1.807) is 24.5 Å². The predicted octanol–water partition coefficient (Wildman–Crippen LogP) is 2.31. The summed E-state index contributed by atoms with van der Waals surface area (Å²) in [6, 6.07) is 18.6. The van der Waals surface area contributed by atoms with E-state index in [1.165, 1.54) is 0 Å². The lowest BCUT2D eigenvalue weighted by Crippen LogP contribution is -2.51. The van der Waals surface area contributed by atoms with E-state index in [0.717, 1.165) is 22.3 Å². The molecule has 0 radical (unpaired) electrons. The summed E-state index contributed by atoms with van der Waals surface area (Å²) in [5.74, 6) is -0.471. The van der Waals surface area contributed by atoms with Crippen molar-refractivity contribution in [2.24, 2.45) is 0 Å². The SMILES string of the molecule is Cc1ccc(CC(NC(=O)NCCc2cccc(/C=C(\C#N)c3ncccn3)c2)B(O)O)cc1. The van der Waals surface area contributed by atoms with Gasteiger partial charge in [-0.1, -0.05) is 54.1 Å². The maximum absolute atomic E-state index is 12.3. The highest BCUT2D eigenvalue weighted by molar-refractivity contribution is 6.43. The van der Waals surface area contributed by atoms with E-state index < -0.39 is 19.1 Å². The van der Waals surface area contributed by atoms with Gasteiger partial charge in [-0.15, -0.1) is 0 Å². The summed E-state index contributed by atoms with van der Waals surface area (Å²) in [5, 5.41) is 34.1. The summed E-state index contributed by atoms with van der Waals surface area (Å²) >= 11 is 0. The number of carbonyl (C=O) groups is 1. The molecule has 0 saturated heterocycles. The molecule has 0 aliphatic rings. The van der Waals surface area contributed by atoms with Crippen molar-refractivity contribution in [3.8, 4) is 6.07 Å². The number of nitriles is 1. The van der Waals surface area contributed by atoms with Crippen LogP contribution in [0.15, 0.2) is 67.0 Å². The van der Waals surface area contributed by atoms with Crippen LogP contribution in [0.2, 0.25) is 0 Å². The van der Waals surface area contributed by atoms with E-state index in [-0.39, 0.29) is 0 Å². The Balaban J connectivity index is 1.54. The lowest BCUT2D eigenvalue weighted by atomic mass is 9.76. The van der Waals surface area contributed by atoms with Crippen LogP contribution in [0.25, 0.3) is 11.6 Å². The van der Waals surface area contributed by atoms with E-state index in [1.807, 2.05) is 55.5 Å². The van der Waals surface area contributed by atoms with Crippen molar-refractivity contribution in [2.45, 2.75) is 25.7 Å². The first kappa shape index (κ1) is 24.6. The number of rotatable bonds is 9. The second-order valence-electron chi connectivity index (χ2n) is 7.85. The Morgan fingerprint density at radius 1 is 1.12 bits per heavy atom. The van der Waals surface area contributed by atoms with Crippen LogP contribution in [-0.2, 0) is 12.8 Å². The minimum atomic E-state index is -1.68. The maximum atomic E-state index is 12.3. The molecule has 9 heteroatoms. The monoisotopic (exact) mass is 455 g/mol. The lowest BCUT2D eigenvalue weighted by Gasteiger charge is -2.18. The van der Waals surface area contributed by atoms with E-state index >= 15 is 0 Å². The topological polar surface area (TPSA) is 131 Å². The molecule has 0 bridgehead atoms. The van der Waals surface area contributed by atoms with Crippen molar-refractivity contribution >= 4 is 24.8 Å². The zero-order valence-corrected chi connectivity index (χ0v) is 18.8. The summed E-state index contributed by atoms with van der Waals surface area (Å²) in [6.07, 6.45) is 5.75. The van der Waals surface area contributed by atoms with Crippen molar-refractivity contribution < 1.29 is 14.8 Å². The Morgan fingerprint density at radius 2 is 1.85 bits per heavy atom. The molecular weight excluding hydrogens is 429 g/mol. The minimum absolute atomic E-state index is 0.298. The summed E-state index contributed by atoms with van der Waals surface area (Å²) in [5.41, 5.74) is 4.16. The van der Waals surface area contributed by atoms with E-state index in [4.69, 9.17) is 0 Å². The van der Waals surface area contributed by atoms with Gasteiger partial charge < -0.3 is 20.7 Å². The van der Waals surface area contributed by atoms with Crippen LogP contribution in [0, 0.1) is 18.3 Å². The second-order valence-corrected chi connectivity index (χ2v) is 7.85. The quantitative estimate of drug-likeness (QED) is 0.289. The lowest BCUT2D eigenvalue weighted by molar-refractivity contribution is 0.237. The molecule has 0 fully saturated rings. The summed E-state index contributed by atoms with van der Waals surface area (Å²) in [4.78, 5) is 20.5. The molecule has 0 aliphatic carbocycles. The van der Waals surface area contributed by atoms with Gasteiger partial charge in [0.05, 0.1) is 11.5 Å². The fourth-order valence-corrected chi connectivity index (χ4v) is 3.34. The molecule has 0 spiro atoms. The van der Waals surface area contributed by atoms with Crippen LogP contribution in [0.1, 0.15) is 28.1 Å². The third kappa shape index (κ3) is 7.55. The van der Waals surface area contributed by atoms with Gasteiger partial charge in [0.25, 0.3) is 0 Å². The van der Waals surface area contributed by atoms with E-state index in [2.05, 4.69) is 26.7 Å². The second kappa shape index (κ2) is 12.3. The van der Waals surface area contributed by atoms with Gasteiger partial charge in [0.1, 0.15) is 6.07 Å². The average Bonchev–Trinajstić information content (AvgIpc) is 2.84. The molecule has 172 valence electrons. The van der Waals surface area contributed by atoms with Crippen molar-refractivity contribution in [3.05, 3.63) is 95.1 Å². The minimum Gasteiger partial charge on any atom is -0.426 e. The molecule has 1 atom stereocenters. The number of hydrogen-bond acceptors (Lipinski definition) is 6. The molecule has 1 heterocycles. The predicted molar refractivity (Wildman–Crippen MR) is 131 cm³/mol. The summed E-state index contributed by atoms with van der Waals surface area (Å²) in [6.45, 7) is 2.32. The van der Waals surface area contributed by atoms with Crippen molar-refractivity contribution in [3.63, 3.8) is 0 Å². The highest BCUT2D eigenvalue weighted by Gasteiger charge is 2.25. The zero-order valence-electron chi connectivity index (χ0n) is 18.8. The standard InChI is InChI=1S/C25H26BN5O3/c1-18-6-8-20(9-7-18)16-23(26(33)34)31-25(32)30-13-10-19-4-2-5-21(14-19)15-22(17-27)24-28-11-3-12-29-24/h2-9,11-12,14-15,23,33-34H,10,13,16H2,1H3,(H2,30,31,32)/b22-15+. The molecule has 3 rings (SSSR count).